The third kappa shape index (κ3) is 2.74. The van der Waals surface area contributed by atoms with E-state index >= 15 is 0 Å². The van der Waals surface area contributed by atoms with Gasteiger partial charge < -0.3 is 9.73 Å². The summed E-state index contributed by atoms with van der Waals surface area (Å²) in [5.41, 5.74) is 1.30. The number of rotatable bonds is 4. The number of aryl methyl sites for hydroxylation is 1. The van der Waals surface area contributed by atoms with Crippen molar-refractivity contribution in [1.82, 2.24) is 5.32 Å². The number of hydrogen-bond acceptors (Lipinski definition) is 2. The van der Waals surface area contributed by atoms with Gasteiger partial charge in [0.1, 0.15) is 11.5 Å². The van der Waals surface area contributed by atoms with Crippen LogP contribution in [-0.2, 0) is 6.54 Å². The molecular formula is C14H17NO. The molecule has 2 aromatic rings. The zero-order chi connectivity index (χ0) is 11.4. The van der Waals surface area contributed by atoms with Gasteiger partial charge in [-0.3, -0.25) is 0 Å². The lowest BCUT2D eigenvalue weighted by Crippen LogP contribution is -2.17. The third-order valence-corrected chi connectivity index (χ3v) is 2.68. The van der Waals surface area contributed by atoms with Crippen LogP contribution >= 0.6 is 0 Å². The Balaban J connectivity index is 1.91. The molecule has 0 bridgehead atoms. The highest BCUT2D eigenvalue weighted by Crippen LogP contribution is 2.13. The van der Waals surface area contributed by atoms with Crippen molar-refractivity contribution in [3.8, 4) is 0 Å². The molecule has 2 heteroatoms. The van der Waals surface area contributed by atoms with E-state index in [9.17, 15) is 0 Å². The molecule has 0 radical (unpaired) electrons. The predicted octanol–water partition coefficient (Wildman–Crippen LogP) is 3.44. The minimum atomic E-state index is 0.339. The second-order valence-electron chi connectivity index (χ2n) is 4.03. The molecule has 1 heterocycles. The largest absolute Gasteiger partial charge is 0.465 e. The second-order valence-corrected chi connectivity index (χ2v) is 4.03. The first-order valence-electron chi connectivity index (χ1n) is 5.59. The van der Waals surface area contributed by atoms with E-state index in [0.29, 0.717) is 6.04 Å². The van der Waals surface area contributed by atoms with Crippen molar-refractivity contribution >= 4 is 0 Å². The van der Waals surface area contributed by atoms with E-state index in [4.69, 9.17) is 4.42 Å². The molecule has 0 amide bonds. The number of hydrogen-bond donors (Lipinski definition) is 1. The van der Waals surface area contributed by atoms with E-state index in [1.807, 2.05) is 25.1 Å². The summed E-state index contributed by atoms with van der Waals surface area (Å²) in [6, 6.07) is 14.8. The van der Waals surface area contributed by atoms with Gasteiger partial charge >= 0.3 is 0 Å². The van der Waals surface area contributed by atoms with Crippen LogP contribution in [0.2, 0.25) is 0 Å². The van der Waals surface area contributed by atoms with E-state index < -0.39 is 0 Å². The molecule has 0 unspecified atom stereocenters. The molecule has 1 N–H and O–H groups in total. The fourth-order valence-corrected chi connectivity index (χ4v) is 1.69. The zero-order valence-corrected chi connectivity index (χ0v) is 9.73. The number of nitrogens with one attached hydrogen (secondary N) is 1. The molecule has 16 heavy (non-hydrogen) atoms. The van der Waals surface area contributed by atoms with Crippen LogP contribution in [0.25, 0.3) is 0 Å². The standard InChI is InChI=1S/C14H17NO/c1-11-8-9-14(16-11)10-15-12(2)13-6-4-3-5-7-13/h3-9,12,15H,10H2,1-2H3/t12-/m0/s1. The number of benzene rings is 1. The smallest absolute Gasteiger partial charge is 0.117 e. The van der Waals surface area contributed by atoms with Gasteiger partial charge in [-0.2, -0.15) is 0 Å². The van der Waals surface area contributed by atoms with Gasteiger partial charge in [0.2, 0.25) is 0 Å². The normalized spacial score (nSPS) is 12.6. The van der Waals surface area contributed by atoms with Crippen LogP contribution in [0.15, 0.2) is 46.9 Å². The van der Waals surface area contributed by atoms with Crippen LogP contribution in [0.3, 0.4) is 0 Å². The summed E-state index contributed by atoms with van der Waals surface area (Å²) >= 11 is 0. The third-order valence-electron chi connectivity index (χ3n) is 2.68. The topological polar surface area (TPSA) is 25.2 Å². The van der Waals surface area contributed by atoms with E-state index in [-0.39, 0.29) is 0 Å². The zero-order valence-electron chi connectivity index (χ0n) is 9.73. The van der Waals surface area contributed by atoms with E-state index in [2.05, 4.69) is 36.5 Å². The van der Waals surface area contributed by atoms with Crippen LogP contribution in [0.4, 0.5) is 0 Å². The average molecular weight is 215 g/mol. The summed E-state index contributed by atoms with van der Waals surface area (Å²) in [6.45, 7) is 4.89. The molecule has 2 rings (SSSR count). The van der Waals surface area contributed by atoms with Gasteiger partial charge in [-0.1, -0.05) is 30.3 Å². The van der Waals surface area contributed by atoms with Gasteiger partial charge in [0, 0.05) is 6.04 Å². The SMILES string of the molecule is Cc1ccc(CN[C@@H](C)c2ccccc2)o1. The Morgan fingerprint density at radius 2 is 1.88 bits per heavy atom. The molecule has 0 aliphatic rings. The Bertz CT molecular complexity index is 433. The van der Waals surface area contributed by atoms with Crippen molar-refractivity contribution < 1.29 is 4.42 Å². The van der Waals surface area contributed by atoms with Crippen LogP contribution in [-0.4, -0.2) is 0 Å². The van der Waals surface area contributed by atoms with Crippen LogP contribution in [0, 0.1) is 6.92 Å². The highest BCUT2D eigenvalue weighted by atomic mass is 16.3. The van der Waals surface area contributed by atoms with Crippen molar-refractivity contribution in [3.05, 3.63) is 59.5 Å². The first kappa shape index (κ1) is 11.0. The maximum Gasteiger partial charge on any atom is 0.117 e. The lowest BCUT2D eigenvalue weighted by atomic mass is 10.1. The maximum atomic E-state index is 5.51. The van der Waals surface area contributed by atoms with Crippen LogP contribution in [0.1, 0.15) is 30.0 Å². The van der Waals surface area contributed by atoms with Crippen molar-refractivity contribution in [2.24, 2.45) is 0 Å². The molecule has 1 aromatic heterocycles. The molecule has 0 aliphatic carbocycles. The molecule has 0 saturated heterocycles. The monoisotopic (exact) mass is 215 g/mol. The first-order valence-corrected chi connectivity index (χ1v) is 5.59. The fraction of sp³-hybridized carbons (Fsp3) is 0.286. The van der Waals surface area contributed by atoms with Gasteiger partial charge in [0.25, 0.3) is 0 Å². The lowest BCUT2D eigenvalue weighted by molar-refractivity contribution is 0.444. The van der Waals surface area contributed by atoms with Crippen molar-refractivity contribution in [2.45, 2.75) is 26.4 Å². The summed E-state index contributed by atoms with van der Waals surface area (Å²) in [6.07, 6.45) is 0. The highest BCUT2D eigenvalue weighted by molar-refractivity contribution is 5.18. The molecular weight excluding hydrogens is 198 g/mol. The minimum absolute atomic E-state index is 0.339. The lowest BCUT2D eigenvalue weighted by Gasteiger charge is -2.12. The molecule has 2 nitrogen and oxygen atoms in total. The van der Waals surface area contributed by atoms with Crippen LogP contribution < -0.4 is 5.32 Å². The summed E-state index contributed by atoms with van der Waals surface area (Å²) in [5.74, 6) is 1.95. The van der Waals surface area contributed by atoms with Gasteiger partial charge in [-0.15, -0.1) is 0 Å². The summed E-state index contributed by atoms with van der Waals surface area (Å²) in [4.78, 5) is 0. The van der Waals surface area contributed by atoms with E-state index in [1.165, 1.54) is 5.56 Å². The van der Waals surface area contributed by atoms with E-state index in [0.717, 1.165) is 18.1 Å². The van der Waals surface area contributed by atoms with E-state index in [1.54, 1.807) is 0 Å². The summed E-state index contributed by atoms with van der Waals surface area (Å²) in [7, 11) is 0. The predicted molar refractivity (Wildman–Crippen MR) is 65.1 cm³/mol. The molecule has 0 saturated carbocycles. The molecule has 0 spiro atoms. The molecule has 0 aliphatic heterocycles. The molecule has 1 aromatic carbocycles. The van der Waals surface area contributed by atoms with Gasteiger partial charge in [-0.25, -0.2) is 0 Å². The Morgan fingerprint density at radius 3 is 2.50 bits per heavy atom. The number of furan rings is 1. The fourth-order valence-electron chi connectivity index (χ4n) is 1.69. The minimum Gasteiger partial charge on any atom is -0.465 e. The Labute approximate surface area is 96.3 Å². The van der Waals surface area contributed by atoms with Crippen LogP contribution in [0.5, 0.6) is 0 Å². The Kier molecular flexibility index (Phi) is 3.42. The first-order chi connectivity index (χ1) is 7.75. The van der Waals surface area contributed by atoms with Gasteiger partial charge in [-0.05, 0) is 31.5 Å². The van der Waals surface area contributed by atoms with Crippen molar-refractivity contribution in [1.29, 1.82) is 0 Å². The average Bonchev–Trinajstić information content (AvgIpc) is 2.73. The summed E-state index contributed by atoms with van der Waals surface area (Å²) < 4.78 is 5.51. The molecule has 1 atom stereocenters. The Morgan fingerprint density at radius 1 is 1.12 bits per heavy atom. The van der Waals surface area contributed by atoms with Gasteiger partial charge in [0.15, 0.2) is 0 Å². The van der Waals surface area contributed by atoms with Gasteiger partial charge in [0.05, 0.1) is 6.54 Å². The van der Waals surface area contributed by atoms with Crippen molar-refractivity contribution in [3.63, 3.8) is 0 Å². The Hall–Kier alpha value is -1.54. The van der Waals surface area contributed by atoms with Crippen molar-refractivity contribution in [2.75, 3.05) is 0 Å². The summed E-state index contributed by atoms with van der Waals surface area (Å²) in [5, 5.41) is 3.43. The second kappa shape index (κ2) is 4.99. The maximum absolute atomic E-state index is 5.51. The molecule has 0 fully saturated rings. The highest BCUT2D eigenvalue weighted by Gasteiger charge is 2.05. The molecule has 84 valence electrons. The quantitative estimate of drug-likeness (QED) is 0.845.